The third-order valence-electron chi connectivity index (χ3n) is 4.02. The number of benzene rings is 2. The molecule has 0 heterocycles. The fraction of sp³-hybridized carbons (Fsp3) is 0.261. The first kappa shape index (κ1) is 20.4. The molecule has 0 spiro atoms. The first-order valence-corrected chi connectivity index (χ1v) is 9.19. The van der Waals surface area contributed by atoms with Crippen molar-refractivity contribution in [1.29, 1.82) is 0 Å². The smallest absolute Gasteiger partial charge is 0.226 e. The van der Waals surface area contributed by atoms with Crippen molar-refractivity contribution < 1.29 is 13.9 Å². The number of hydrogen-bond acceptors (Lipinski definition) is 2. The monoisotopic (exact) mass is 367 g/mol. The quantitative estimate of drug-likeness (QED) is 0.557. The second-order valence-corrected chi connectivity index (χ2v) is 6.23. The molecule has 0 saturated heterocycles. The van der Waals surface area contributed by atoms with Crippen LogP contribution in [0.5, 0.6) is 11.5 Å². The fourth-order valence-electron chi connectivity index (χ4n) is 2.36. The first-order valence-electron chi connectivity index (χ1n) is 9.19. The summed E-state index contributed by atoms with van der Waals surface area (Å²) in [6, 6.07) is 17.2. The molecular weight excluding hydrogens is 341 g/mol. The maximum absolute atomic E-state index is 13.0. The molecular formula is C23H26FNO2. The third kappa shape index (κ3) is 7.48. The number of nitrogens with one attached hydrogen (secondary N) is 1. The zero-order chi connectivity index (χ0) is 19.5. The molecule has 2 aromatic rings. The summed E-state index contributed by atoms with van der Waals surface area (Å²) >= 11 is 0. The summed E-state index contributed by atoms with van der Waals surface area (Å²) < 4.78 is 18.8. The highest BCUT2D eigenvalue weighted by molar-refractivity contribution is 5.79. The zero-order valence-corrected chi connectivity index (χ0v) is 15.8. The molecule has 3 nitrogen and oxygen atoms in total. The van der Waals surface area contributed by atoms with Gasteiger partial charge in [0.15, 0.2) is 0 Å². The standard InChI is InChI=1S/C23H26FNO2/c1-3-20(24)10-8-7-9-18(2)23(26)25-17-19-13-15-22(16-14-19)27-21-11-5-4-6-12-21/h4-7,9-16,18H,3,8,17H2,1-2H3,(H,25,26)/b9-7-,20-10+. The van der Waals surface area contributed by atoms with Crippen LogP contribution in [0, 0.1) is 5.92 Å². The molecule has 2 rings (SSSR count). The number of para-hydroxylation sites is 1. The number of hydrogen-bond donors (Lipinski definition) is 1. The Bertz CT molecular complexity index is 767. The van der Waals surface area contributed by atoms with Crippen LogP contribution in [0.15, 0.2) is 78.7 Å². The molecule has 27 heavy (non-hydrogen) atoms. The fourth-order valence-corrected chi connectivity index (χ4v) is 2.36. The molecule has 0 aliphatic heterocycles. The highest BCUT2D eigenvalue weighted by atomic mass is 19.1. The molecule has 1 atom stereocenters. The molecule has 2 aromatic carbocycles. The van der Waals surface area contributed by atoms with Crippen molar-refractivity contribution in [2.75, 3.05) is 0 Å². The summed E-state index contributed by atoms with van der Waals surface area (Å²) in [7, 11) is 0. The molecule has 0 radical (unpaired) electrons. The van der Waals surface area contributed by atoms with E-state index in [0.29, 0.717) is 19.4 Å². The van der Waals surface area contributed by atoms with Crippen LogP contribution in [0.3, 0.4) is 0 Å². The van der Waals surface area contributed by atoms with Crippen LogP contribution in [-0.2, 0) is 11.3 Å². The number of amides is 1. The van der Waals surface area contributed by atoms with E-state index < -0.39 is 0 Å². The molecule has 0 aromatic heterocycles. The summed E-state index contributed by atoms with van der Waals surface area (Å²) in [5, 5.41) is 2.91. The summed E-state index contributed by atoms with van der Waals surface area (Å²) in [5.74, 6) is 1.09. The predicted octanol–water partition coefficient (Wildman–Crippen LogP) is 5.94. The van der Waals surface area contributed by atoms with Gasteiger partial charge in [0.05, 0.1) is 11.7 Å². The zero-order valence-electron chi connectivity index (χ0n) is 15.8. The van der Waals surface area contributed by atoms with Crippen LogP contribution >= 0.6 is 0 Å². The van der Waals surface area contributed by atoms with Gasteiger partial charge in [0.1, 0.15) is 11.5 Å². The number of ether oxygens (including phenoxy) is 1. The number of halogens is 1. The van der Waals surface area contributed by atoms with Crippen molar-refractivity contribution in [3.8, 4) is 11.5 Å². The van der Waals surface area contributed by atoms with Crippen molar-refractivity contribution in [2.24, 2.45) is 5.92 Å². The van der Waals surface area contributed by atoms with Crippen LogP contribution < -0.4 is 10.1 Å². The van der Waals surface area contributed by atoms with Gasteiger partial charge in [-0.05, 0) is 48.7 Å². The largest absolute Gasteiger partial charge is 0.457 e. The Labute approximate surface area is 160 Å². The third-order valence-corrected chi connectivity index (χ3v) is 4.02. The van der Waals surface area contributed by atoms with Gasteiger partial charge >= 0.3 is 0 Å². The van der Waals surface area contributed by atoms with Gasteiger partial charge < -0.3 is 10.1 Å². The minimum atomic E-state index is -0.260. The Morgan fingerprint density at radius 2 is 1.78 bits per heavy atom. The van der Waals surface area contributed by atoms with Gasteiger partial charge in [-0.1, -0.05) is 56.3 Å². The number of allylic oxidation sites excluding steroid dienone is 3. The molecule has 142 valence electrons. The Morgan fingerprint density at radius 1 is 1.11 bits per heavy atom. The van der Waals surface area contributed by atoms with Crippen molar-refractivity contribution in [3.63, 3.8) is 0 Å². The van der Waals surface area contributed by atoms with E-state index in [-0.39, 0.29) is 17.7 Å². The maximum atomic E-state index is 13.0. The topological polar surface area (TPSA) is 38.3 Å². The van der Waals surface area contributed by atoms with E-state index in [2.05, 4.69) is 5.32 Å². The minimum absolute atomic E-state index is 0.0594. The second-order valence-electron chi connectivity index (χ2n) is 6.23. The van der Waals surface area contributed by atoms with Crippen LogP contribution in [-0.4, -0.2) is 5.91 Å². The van der Waals surface area contributed by atoms with Gasteiger partial charge in [-0.15, -0.1) is 0 Å². The van der Waals surface area contributed by atoms with Crippen molar-refractivity contribution in [1.82, 2.24) is 5.32 Å². The van der Waals surface area contributed by atoms with Gasteiger partial charge in [-0.25, -0.2) is 4.39 Å². The summed E-state index contributed by atoms with van der Waals surface area (Å²) in [5.41, 5.74) is 0.993. The molecule has 0 aliphatic rings. The van der Waals surface area contributed by atoms with Gasteiger partial charge in [0.25, 0.3) is 0 Å². The normalized spacial score (nSPS) is 12.8. The van der Waals surface area contributed by atoms with Crippen molar-refractivity contribution in [3.05, 3.63) is 84.2 Å². The van der Waals surface area contributed by atoms with Crippen molar-refractivity contribution >= 4 is 5.91 Å². The van der Waals surface area contributed by atoms with Crippen molar-refractivity contribution in [2.45, 2.75) is 33.2 Å². The second kappa shape index (κ2) is 11.0. The van der Waals surface area contributed by atoms with Crippen LogP contribution in [0.25, 0.3) is 0 Å². The summed E-state index contributed by atoms with van der Waals surface area (Å²) in [6.45, 7) is 4.04. The minimum Gasteiger partial charge on any atom is -0.457 e. The Hall–Kier alpha value is -2.88. The molecule has 0 saturated carbocycles. The average Bonchev–Trinajstić information content (AvgIpc) is 2.70. The van der Waals surface area contributed by atoms with E-state index in [1.807, 2.05) is 67.6 Å². The lowest BCUT2D eigenvalue weighted by molar-refractivity contribution is -0.123. The number of carbonyl (C=O) groups excluding carboxylic acids is 1. The van der Waals surface area contributed by atoms with E-state index in [0.717, 1.165) is 17.1 Å². The molecule has 1 unspecified atom stereocenters. The van der Waals surface area contributed by atoms with E-state index in [1.54, 1.807) is 13.0 Å². The average molecular weight is 367 g/mol. The van der Waals surface area contributed by atoms with E-state index >= 15 is 0 Å². The Morgan fingerprint density at radius 3 is 2.44 bits per heavy atom. The Balaban J connectivity index is 1.78. The predicted molar refractivity (Wildman–Crippen MR) is 107 cm³/mol. The van der Waals surface area contributed by atoms with Crippen LogP contribution in [0.2, 0.25) is 0 Å². The molecule has 0 fully saturated rings. The molecule has 1 amide bonds. The lowest BCUT2D eigenvalue weighted by Gasteiger charge is -2.10. The van der Waals surface area contributed by atoms with E-state index in [9.17, 15) is 9.18 Å². The highest BCUT2D eigenvalue weighted by Gasteiger charge is 2.08. The molecule has 0 aliphatic carbocycles. The first-order chi connectivity index (χ1) is 13.1. The van der Waals surface area contributed by atoms with E-state index in [1.165, 1.54) is 6.08 Å². The highest BCUT2D eigenvalue weighted by Crippen LogP contribution is 2.21. The van der Waals surface area contributed by atoms with Gasteiger partial charge in [0, 0.05) is 6.54 Å². The van der Waals surface area contributed by atoms with Gasteiger partial charge in [-0.2, -0.15) is 0 Å². The van der Waals surface area contributed by atoms with Crippen LogP contribution in [0.4, 0.5) is 4.39 Å². The Kier molecular flexibility index (Phi) is 8.30. The SMILES string of the molecule is CC/C(F)=C\C/C=C\C(C)C(=O)NCc1ccc(Oc2ccccc2)cc1. The summed E-state index contributed by atoms with van der Waals surface area (Å²) in [4.78, 5) is 12.1. The lowest BCUT2D eigenvalue weighted by atomic mass is 10.1. The van der Waals surface area contributed by atoms with Gasteiger partial charge in [0.2, 0.25) is 5.91 Å². The van der Waals surface area contributed by atoms with Gasteiger partial charge in [-0.3, -0.25) is 4.79 Å². The lowest BCUT2D eigenvalue weighted by Crippen LogP contribution is -2.27. The number of rotatable bonds is 9. The number of carbonyl (C=O) groups is 1. The molecule has 1 N–H and O–H groups in total. The maximum Gasteiger partial charge on any atom is 0.226 e. The summed E-state index contributed by atoms with van der Waals surface area (Å²) in [6.07, 6.45) is 6.04. The van der Waals surface area contributed by atoms with Crippen LogP contribution in [0.1, 0.15) is 32.3 Å². The molecule has 0 bridgehead atoms. The van der Waals surface area contributed by atoms with E-state index in [4.69, 9.17) is 4.74 Å². The molecule has 4 heteroatoms.